The Kier molecular flexibility index (Phi) is 9.03. The van der Waals surface area contributed by atoms with E-state index in [2.05, 4.69) is 5.32 Å². The van der Waals surface area contributed by atoms with E-state index in [-0.39, 0.29) is 18.4 Å². The first-order valence-electron chi connectivity index (χ1n) is 5.34. The van der Waals surface area contributed by atoms with E-state index in [1.807, 2.05) is 6.92 Å². The lowest BCUT2D eigenvalue weighted by Crippen LogP contribution is -2.27. The van der Waals surface area contributed by atoms with Crippen LogP contribution in [-0.4, -0.2) is 41.1 Å². The van der Waals surface area contributed by atoms with Crippen LogP contribution in [0.5, 0.6) is 0 Å². The molecule has 1 amide bonds. The highest BCUT2D eigenvalue weighted by Crippen LogP contribution is 2.03. The Hall–Kier alpha value is -0.750. The number of thioether (sulfide) groups is 1. The zero-order chi connectivity index (χ0) is 12.4. The Labute approximate surface area is 100 Å². The van der Waals surface area contributed by atoms with Crippen molar-refractivity contribution >= 4 is 23.6 Å². The van der Waals surface area contributed by atoms with Crippen molar-refractivity contribution in [2.45, 2.75) is 32.2 Å². The number of carbonyl (C=O) groups excluding carboxylic acids is 1. The van der Waals surface area contributed by atoms with Gasteiger partial charge in [-0.05, 0) is 25.5 Å². The average Bonchev–Trinajstić information content (AvgIpc) is 2.19. The summed E-state index contributed by atoms with van der Waals surface area (Å²) in [7, 11) is 0. The van der Waals surface area contributed by atoms with Crippen molar-refractivity contribution in [3.05, 3.63) is 0 Å². The Bertz CT molecular complexity index is 222. The molecule has 16 heavy (non-hydrogen) atoms. The third-order valence-corrected chi connectivity index (χ3v) is 2.83. The summed E-state index contributed by atoms with van der Waals surface area (Å²) in [4.78, 5) is 21.4. The van der Waals surface area contributed by atoms with Crippen LogP contribution in [0.1, 0.15) is 26.2 Å². The molecule has 0 aromatic rings. The lowest BCUT2D eigenvalue weighted by molar-refractivity contribution is -0.137. The second kappa shape index (κ2) is 9.47. The number of carboxylic acid groups (broad SMARTS) is 1. The van der Waals surface area contributed by atoms with E-state index in [1.165, 1.54) is 0 Å². The summed E-state index contributed by atoms with van der Waals surface area (Å²) in [5.74, 6) is 0.417. The van der Waals surface area contributed by atoms with Gasteiger partial charge in [0.05, 0.1) is 5.75 Å². The smallest absolute Gasteiger partial charge is 0.303 e. The van der Waals surface area contributed by atoms with Gasteiger partial charge in [-0.25, -0.2) is 0 Å². The molecule has 1 atom stereocenters. The summed E-state index contributed by atoms with van der Waals surface area (Å²) in [6.45, 7) is 2.37. The normalized spacial score (nSPS) is 12.1. The molecule has 0 aliphatic heterocycles. The summed E-state index contributed by atoms with van der Waals surface area (Å²) in [5, 5.41) is 11.0. The molecule has 0 spiro atoms. The van der Waals surface area contributed by atoms with Crippen LogP contribution in [0.2, 0.25) is 0 Å². The molecule has 0 aliphatic carbocycles. The van der Waals surface area contributed by atoms with Crippen molar-refractivity contribution in [2.75, 3.05) is 18.1 Å². The second-order valence-corrected chi connectivity index (χ2v) is 4.77. The monoisotopic (exact) mass is 248 g/mol. The van der Waals surface area contributed by atoms with Crippen LogP contribution in [0, 0.1) is 0 Å². The maximum atomic E-state index is 11.2. The highest BCUT2D eigenvalue weighted by atomic mass is 32.2. The highest BCUT2D eigenvalue weighted by molar-refractivity contribution is 7.99. The Morgan fingerprint density at radius 3 is 2.75 bits per heavy atom. The van der Waals surface area contributed by atoms with Gasteiger partial charge in [0.2, 0.25) is 5.91 Å². The number of hydrogen-bond donors (Lipinski definition) is 3. The number of nitrogens with one attached hydrogen (secondary N) is 1. The topological polar surface area (TPSA) is 92.4 Å². The van der Waals surface area contributed by atoms with E-state index in [1.54, 1.807) is 11.8 Å². The summed E-state index contributed by atoms with van der Waals surface area (Å²) < 4.78 is 0. The lowest BCUT2D eigenvalue weighted by Gasteiger charge is -2.05. The van der Waals surface area contributed by atoms with Gasteiger partial charge in [0.25, 0.3) is 0 Å². The molecule has 6 heteroatoms. The van der Waals surface area contributed by atoms with Gasteiger partial charge >= 0.3 is 5.97 Å². The fraction of sp³-hybridized carbons (Fsp3) is 0.800. The fourth-order valence-corrected chi connectivity index (χ4v) is 1.92. The number of rotatable bonds is 9. The standard InChI is InChI=1S/C10H20N2O3S/c1-8(11)4-6-16-7-9(13)12-5-2-3-10(14)15/h8H,2-7,11H2,1H3,(H,12,13)(H,14,15). The van der Waals surface area contributed by atoms with E-state index >= 15 is 0 Å². The summed E-state index contributed by atoms with van der Waals surface area (Å²) in [5.41, 5.74) is 5.57. The molecule has 1 unspecified atom stereocenters. The largest absolute Gasteiger partial charge is 0.481 e. The first-order chi connectivity index (χ1) is 7.52. The molecule has 5 nitrogen and oxygen atoms in total. The van der Waals surface area contributed by atoms with Gasteiger partial charge in [0.1, 0.15) is 0 Å². The number of carbonyl (C=O) groups is 2. The Morgan fingerprint density at radius 1 is 1.50 bits per heavy atom. The summed E-state index contributed by atoms with van der Waals surface area (Å²) in [6, 6.07) is 0.172. The predicted molar refractivity (Wildman–Crippen MR) is 65.5 cm³/mol. The molecule has 0 heterocycles. The van der Waals surface area contributed by atoms with Crippen LogP contribution >= 0.6 is 11.8 Å². The first kappa shape index (κ1) is 15.2. The fourth-order valence-electron chi connectivity index (χ4n) is 0.953. The Morgan fingerprint density at radius 2 is 2.19 bits per heavy atom. The van der Waals surface area contributed by atoms with Crippen LogP contribution in [0.3, 0.4) is 0 Å². The van der Waals surface area contributed by atoms with Gasteiger partial charge in [-0.15, -0.1) is 0 Å². The zero-order valence-electron chi connectivity index (χ0n) is 9.57. The van der Waals surface area contributed by atoms with Gasteiger partial charge < -0.3 is 16.2 Å². The maximum Gasteiger partial charge on any atom is 0.303 e. The van der Waals surface area contributed by atoms with E-state index in [4.69, 9.17) is 10.8 Å². The SMILES string of the molecule is CC(N)CCSCC(=O)NCCCC(=O)O. The highest BCUT2D eigenvalue weighted by Gasteiger charge is 2.02. The molecular weight excluding hydrogens is 228 g/mol. The minimum atomic E-state index is -0.833. The van der Waals surface area contributed by atoms with Gasteiger partial charge in [-0.3, -0.25) is 9.59 Å². The van der Waals surface area contributed by atoms with Gasteiger partial charge in [0, 0.05) is 19.0 Å². The molecule has 0 fully saturated rings. The molecule has 0 radical (unpaired) electrons. The maximum absolute atomic E-state index is 11.2. The minimum Gasteiger partial charge on any atom is -0.481 e. The molecule has 0 bridgehead atoms. The van der Waals surface area contributed by atoms with E-state index in [0.29, 0.717) is 18.7 Å². The number of aliphatic carboxylic acids is 1. The van der Waals surface area contributed by atoms with Crippen molar-refractivity contribution in [1.82, 2.24) is 5.32 Å². The van der Waals surface area contributed by atoms with Crippen molar-refractivity contribution < 1.29 is 14.7 Å². The molecule has 0 saturated carbocycles. The second-order valence-electron chi connectivity index (χ2n) is 3.67. The molecule has 94 valence electrons. The molecule has 0 aliphatic rings. The quantitative estimate of drug-likeness (QED) is 0.515. The minimum absolute atomic E-state index is 0.0416. The molecule has 0 rings (SSSR count). The summed E-state index contributed by atoms with van der Waals surface area (Å²) in [6.07, 6.45) is 1.47. The van der Waals surface area contributed by atoms with Crippen LogP contribution in [0.15, 0.2) is 0 Å². The van der Waals surface area contributed by atoms with Crippen LogP contribution in [0.4, 0.5) is 0 Å². The molecule has 4 N–H and O–H groups in total. The van der Waals surface area contributed by atoms with E-state index in [9.17, 15) is 9.59 Å². The van der Waals surface area contributed by atoms with Gasteiger partial charge in [-0.2, -0.15) is 11.8 Å². The number of nitrogens with two attached hydrogens (primary N) is 1. The van der Waals surface area contributed by atoms with E-state index in [0.717, 1.165) is 12.2 Å². The molecule has 0 aromatic heterocycles. The Balaban J connectivity index is 3.28. The number of hydrogen-bond acceptors (Lipinski definition) is 4. The van der Waals surface area contributed by atoms with E-state index < -0.39 is 5.97 Å². The lowest BCUT2D eigenvalue weighted by atomic mass is 10.3. The van der Waals surface area contributed by atoms with Crippen LogP contribution in [0.25, 0.3) is 0 Å². The summed E-state index contributed by atoms with van der Waals surface area (Å²) >= 11 is 1.55. The first-order valence-corrected chi connectivity index (χ1v) is 6.49. The van der Waals surface area contributed by atoms with Gasteiger partial charge in [-0.1, -0.05) is 0 Å². The van der Waals surface area contributed by atoms with Gasteiger partial charge in [0.15, 0.2) is 0 Å². The third-order valence-electron chi connectivity index (χ3n) is 1.84. The average molecular weight is 248 g/mol. The van der Waals surface area contributed by atoms with Crippen molar-refractivity contribution in [3.63, 3.8) is 0 Å². The van der Waals surface area contributed by atoms with Crippen molar-refractivity contribution in [3.8, 4) is 0 Å². The number of amides is 1. The van der Waals surface area contributed by atoms with Crippen LogP contribution in [-0.2, 0) is 9.59 Å². The third kappa shape index (κ3) is 11.3. The zero-order valence-corrected chi connectivity index (χ0v) is 10.4. The molecule has 0 saturated heterocycles. The van der Waals surface area contributed by atoms with Crippen molar-refractivity contribution in [1.29, 1.82) is 0 Å². The molecular formula is C10H20N2O3S. The number of carboxylic acids is 1. The van der Waals surface area contributed by atoms with Crippen molar-refractivity contribution in [2.24, 2.45) is 5.73 Å². The molecule has 0 aromatic carbocycles. The van der Waals surface area contributed by atoms with Crippen LogP contribution < -0.4 is 11.1 Å². The predicted octanol–water partition coefficient (Wildman–Crippen LogP) is 0.438.